The summed E-state index contributed by atoms with van der Waals surface area (Å²) in [7, 11) is 0. The largest absolute Gasteiger partial charge is 0.349 e. The molecule has 0 spiro atoms. The summed E-state index contributed by atoms with van der Waals surface area (Å²) in [5, 5.41) is 7.07. The topological polar surface area (TPSA) is 71.1 Å². The van der Waals surface area contributed by atoms with Crippen molar-refractivity contribution in [3.63, 3.8) is 0 Å². The molecular formula is C24H25N3O2. The number of piperidine rings is 1. The molecular weight excluding hydrogens is 362 g/mol. The van der Waals surface area contributed by atoms with E-state index < -0.39 is 5.54 Å². The number of pyridine rings is 1. The van der Waals surface area contributed by atoms with Gasteiger partial charge in [-0.1, -0.05) is 48.5 Å². The standard InChI is InChI=1S/C24H25N3O2/c1-16-8-6-11-19-20(14-17(2)26-22(16)19)23(29)25-15-24(13-7-12-21(28)27-24)18-9-4-3-5-10-18/h3-6,8-11,14H,7,12-13,15H2,1-2H3,(H,25,29)(H,27,28). The number of rotatable bonds is 4. The second kappa shape index (κ2) is 7.66. The molecule has 3 aromatic rings. The van der Waals surface area contributed by atoms with Crippen LogP contribution in [0.25, 0.3) is 10.9 Å². The molecule has 2 aromatic carbocycles. The van der Waals surface area contributed by atoms with E-state index >= 15 is 0 Å². The normalized spacial score (nSPS) is 19.0. The van der Waals surface area contributed by atoms with Crippen LogP contribution in [0.5, 0.6) is 0 Å². The number of hydrogen-bond donors (Lipinski definition) is 2. The highest BCUT2D eigenvalue weighted by Gasteiger charge is 2.37. The molecule has 2 heterocycles. The first-order chi connectivity index (χ1) is 14.0. The minimum Gasteiger partial charge on any atom is -0.349 e. The summed E-state index contributed by atoms with van der Waals surface area (Å²) < 4.78 is 0. The third-order valence-electron chi connectivity index (χ3n) is 5.68. The Balaban J connectivity index is 1.65. The molecule has 2 amide bonds. The lowest BCUT2D eigenvalue weighted by Gasteiger charge is -2.38. The van der Waals surface area contributed by atoms with Crippen LogP contribution >= 0.6 is 0 Å². The van der Waals surface area contributed by atoms with Crippen LogP contribution in [-0.4, -0.2) is 23.3 Å². The number of amides is 2. The van der Waals surface area contributed by atoms with Crippen molar-refractivity contribution in [1.82, 2.24) is 15.6 Å². The third-order valence-corrected chi connectivity index (χ3v) is 5.68. The van der Waals surface area contributed by atoms with Crippen molar-refractivity contribution in [3.05, 3.63) is 77.0 Å². The Labute approximate surface area is 170 Å². The minimum absolute atomic E-state index is 0.0233. The Kier molecular flexibility index (Phi) is 5.05. The van der Waals surface area contributed by atoms with E-state index in [0.29, 0.717) is 18.5 Å². The Morgan fingerprint density at radius 2 is 1.93 bits per heavy atom. The van der Waals surface area contributed by atoms with E-state index in [2.05, 4.69) is 15.6 Å². The summed E-state index contributed by atoms with van der Waals surface area (Å²) in [6, 6.07) is 17.6. The van der Waals surface area contributed by atoms with Crippen molar-refractivity contribution in [3.8, 4) is 0 Å². The fourth-order valence-corrected chi connectivity index (χ4v) is 4.19. The van der Waals surface area contributed by atoms with Crippen LogP contribution in [0.15, 0.2) is 54.6 Å². The van der Waals surface area contributed by atoms with Gasteiger partial charge in [0.25, 0.3) is 5.91 Å². The molecule has 0 radical (unpaired) electrons. The highest BCUT2D eigenvalue weighted by molar-refractivity contribution is 6.06. The Morgan fingerprint density at radius 3 is 2.69 bits per heavy atom. The molecule has 5 heteroatoms. The predicted octanol–water partition coefficient (Wildman–Crippen LogP) is 3.78. The second-order valence-electron chi connectivity index (χ2n) is 7.81. The Bertz CT molecular complexity index is 1080. The number of aryl methyl sites for hydroxylation is 2. The van der Waals surface area contributed by atoms with Crippen LogP contribution < -0.4 is 10.6 Å². The zero-order valence-electron chi connectivity index (χ0n) is 16.8. The Hall–Kier alpha value is -3.21. The first-order valence-corrected chi connectivity index (χ1v) is 10.0. The van der Waals surface area contributed by atoms with Crippen LogP contribution in [0.1, 0.15) is 46.4 Å². The number of carbonyl (C=O) groups excluding carboxylic acids is 2. The van der Waals surface area contributed by atoms with Gasteiger partial charge in [-0.2, -0.15) is 0 Å². The van der Waals surface area contributed by atoms with Crippen molar-refractivity contribution in [2.75, 3.05) is 6.54 Å². The number of hydrogen-bond acceptors (Lipinski definition) is 3. The van der Waals surface area contributed by atoms with Gasteiger partial charge in [0, 0.05) is 24.0 Å². The maximum absolute atomic E-state index is 13.2. The number of para-hydroxylation sites is 1. The molecule has 1 aliphatic heterocycles. The van der Waals surface area contributed by atoms with Crippen LogP contribution in [0.3, 0.4) is 0 Å². The van der Waals surface area contributed by atoms with E-state index in [-0.39, 0.29) is 11.8 Å². The monoisotopic (exact) mass is 387 g/mol. The molecule has 2 N–H and O–H groups in total. The van der Waals surface area contributed by atoms with Crippen LogP contribution in [-0.2, 0) is 10.3 Å². The van der Waals surface area contributed by atoms with Crippen molar-refractivity contribution in [2.45, 2.75) is 38.6 Å². The lowest BCUT2D eigenvalue weighted by molar-refractivity contribution is -0.125. The van der Waals surface area contributed by atoms with Crippen molar-refractivity contribution in [1.29, 1.82) is 0 Å². The summed E-state index contributed by atoms with van der Waals surface area (Å²) in [6.07, 6.45) is 2.11. The van der Waals surface area contributed by atoms with Gasteiger partial charge in [-0.05, 0) is 43.9 Å². The molecule has 0 saturated carbocycles. The summed E-state index contributed by atoms with van der Waals surface area (Å²) in [4.78, 5) is 30.0. The van der Waals surface area contributed by atoms with Crippen LogP contribution in [0.2, 0.25) is 0 Å². The summed E-state index contributed by atoms with van der Waals surface area (Å²) >= 11 is 0. The fraction of sp³-hybridized carbons (Fsp3) is 0.292. The summed E-state index contributed by atoms with van der Waals surface area (Å²) in [6.45, 7) is 4.24. The smallest absolute Gasteiger partial charge is 0.252 e. The number of nitrogens with zero attached hydrogens (tertiary/aromatic N) is 1. The zero-order valence-corrected chi connectivity index (χ0v) is 16.8. The molecule has 1 aromatic heterocycles. The van der Waals surface area contributed by atoms with E-state index in [9.17, 15) is 9.59 Å². The van der Waals surface area contributed by atoms with Crippen molar-refractivity contribution in [2.24, 2.45) is 0 Å². The van der Waals surface area contributed by atoms with Gasteiger partial charge in [0.05, 0.1) is 16.6 Å². The summed E-state index contributed by atoms with van der Waals surface area (Å²) in [5.41, 5.74) is 3.74. The average molecular weight is 387 g/mol. The van der Waals surface area contributed by atoms with Crippen LogP contribution in [0, 0.1) is 13.8 Å². The van der Waals surface area contributed by atoms with E-state index in [1.165, 1.54) is 0 Å². The number of fused-ring (bicyclic) bond motifs is 1. The lowest BCUT2D eigenvalue weighted by atomic mass is 9.82. The predicted molar refractivity (Wildman–Crippen MR) is 114 cm³/mol. The molecule has 5 nitrogen and oxygen atoms in total. The van der Waals surface area contributed by atoms with Gasteiger partial charge in [0.1, 0.15) is 0 Å². The molecule has 1 unspecified atom stereocenters. The Morgan fingerprint density at radius 1 is 1.14 bits per heavy atom. The summed E-state index contributed by atoms with van der Waals surface area (Å²) in [5.74, 6) is -0.128. The highest BCUT2D eigenvalue weighted by Crippen LogP contribution is 2.30. The molecule has 4 rings (SSSR count). The van der Waals surface area contributed by atoms with Crippen molar-refractivity contribution >= 4 is 22.7 Å². The van der Waals surface area contributed by atoms with Gasteiger partial charge in [-0.15, -0.1) is 0 Å². The van der Waals surface area contributed by atoms with Gasteiger partial charge in [0.15, 0.2) is 0 Å². The van der Waals surface area contributed by atoms with E-state index in [1.807, 2.05) is 68.4 Å². The van der Waals surface area contributed by atoms with Crippen molar-refractivity contribution < 1.29 is 9.59 Å². The zero-order chi connectivity index (χ0) is 20.4. The van der Waals surface area contributed by atoms with Crippen LogP contribution in [0.4, 0.5) is 0 Å². The van der Waals surface area contributed by atoms with Gasteiger partial charge in [0.2, 0.25) is 5.91 Å². The van der Waals surface area contributed by atoms with E-state index in [1.54, 1.807) is 0 Å². The molecule has 1 fully saturated rings. The quantitative estimate of drug-likeness (QED) is 0.716. The van der Waals surface area contributed by atoms with Gasteiger partial charge in [-0.3, -0.25) is 14.6 Å². The van der Waals surface area contributed by atoms with Gasteiger partial charge < -0.3 is 10.6 Å². The molecule has 0 aliphatic carbocycles. The average Bonchev–Trinajstić information content (AvgIpc) is 2.73. The lowest BCUT2D eigenvalue weighted by Crippen LogP contribution is -2.55. The maximum Gasteiger partial charge on any atom is 0.252 e. The van der Waals surface area contributed by atoms with E-state index in [0.717, 1.165) is 40.6 Å². The number of nitrogens with one attached hydrogen (secondary N) is 2. The highest BCUT2D eigenvalue weighted by atomic mass is 16.2. The minimum atomic E-state index is -0.583. The van der Waals surface area contributed by atoms with E-state index in [4.69, 9.17) is 0 Å². The second-order valence-corrected chi connectivity index (χ2v) is 7.81. The maximum atomic E-state index is 13.2. The number of benzene rings is 2. The third kappa shape index (κ3) is 3.73. The molecule has 1 atom stereocenters. The SMILES string of the molecule is Cc1cc(C(=O)NCC2(c3ccccc3)CCCC(=O)N2)c2cccc(C)c2n1. The first kappa shape index (κ1) is 19.1. The number of aromatic nitrogens is 1. The molecule has 0 bridgehead atoms. The van der Waals surface area contributed by atoms with Gasteiger partial charge in [-0.25, -0.2) is 0 Å². The molecule has 1 saturated heterocycles. The molecule has 29 heavy (non-hydrogen) atoms. The van der Waals surface area contributed by atoms with Gasteiger partial charge >= 0.3 is 0 Å². The molecule has 148 valence electrons. The fourth-order valence-electron chi connectivity index (χ4n) is 4.19. The first-order valence-electron chi connectivity index (χ1n) is 10.0. The number of carbonyl (C=O) groups is 2. The molecule has 1 aliphatic rings.